The molecule has 3 unspecified atom stereocenters. The van der Waals surface area contributed by atoms with Crippen LogP contribution in [-0.4, -0.2) is 24.0 Å². The maximum absolute atomic E-state index is 6.29. The molecule has 1 fully saturated rings. The van der Waals surface area contributed by atoms with Crippen LogP contribution in [-0.2, 0) is 6.54 Å². The van der Waals surface area contributed by atoms with Crippen LogP contribution in [0.1, 0.15) is 41.6 Å². The fourth-order valence-corrected chi connectivity index (χ4v) is 4.07. The molecule has 23 heavy (non-hydrogen) atoms. The van der Waals surface area contributed by atoms with Gasteiger partial charge in [0.25, 0.3) is 0 Å². The smallest absolute Gasteiger partial charge is 0.0344 e. The average molecular weight is 307 g/mol. The number of nitrogens with two attached hydrogens (primary N) is 1. The minimum atomic E-state index is 0.186. The van der Waals surface area contributed by atoms with Gasteiger partial charge in [0.1, 0.15) is 0 Å². The first kappa shape index (κ1) is 14.9. The highest BCUT2D eigenvalue weighted by Gasteiger charge is 2.31. The maximum Gasteiger partial charge on any atom is 0.0344 e. The molecule has 3 heteroatoms. The van der Waals surface area contributed by atoms with Crippen molar-refractivity contribution in [1.29, 1.82) is 0 Å². The van der Waals surface area contributed by atoms with Crippen molar-refractivity contribution >= 4 is 0 Å². The number of nitrogens with one attached hydrogen (secondary N) is 1. The van der Waals surface area contributed by atoms with Gasteiger partial charge < -0.3 is 11.1 Å². The second kappa shape index (κ2) is 6.44. The largest absolute Gasteiger partial charge is 0.324 e. The summed E-state index contributed by atoms with van der Waals surface area (Å²) in [5.74, 6) is 0. The zero-order valence-electron chi connectivity index (χ0n) is 13.5. The SMILES string of the molecule is NC1CC(NC2CCN(Cc3ccccc3)C2)c2ccccc21. The molecule has 1 aliphatic carbocycles. The molecule has 1 aliphatic heterocycles. The van der Waals surface area contributed by atoms with E-state index in [4.69, 9.17) is 5.73 Å². The van der Waals surface area contributed by atoms with Gasteiger partial charge in [0.15, 0.2) is 0 Å². The molecule has 1 heterocycles. The van der Waals surface area contributed by atoms with E-state index in [2.05, 4.69) is 64.8 Å². The predicted molar refractivity (Wildman–Crippen MR) is 94.0 cm³/mol. The van der Waals surface area contributed by atoms with Crippen molar-refractivity contribution in [3.05, 3.63) is 71.3 Å². The zero-order chi connectivity index (χ0) is 15.6. The number of benzene rings is 2. The standard InChI is InChI=1S/C20H25N3/c21-19-12-20(18-9-5-4-8-17(18)19)22-16-10-11-23(14-16)13-15-6-2-1-3-7-15/h1-9,16,19-20,22H,10-14,21H2. The van der Waals surface area contributed by atoms with Crippen LogP contribution < -0.4 is 11.1 Å². The molecule has 120 valence electrons. The molecule has 0 saturated carbocycles. The van der Waals surface area contributed by atoms with Crippen LogP contribution >= 0.6 is 0 Å². The summed E-state index contributed by atoms with van der Waals surface area (Å²) in [4.78, 5) is 2.55. The summed E-state index contributed by atoms with van der Waals surface area (Å²) in [5, 5.41) is 3.86. The van der Waals surface area contributed by atoms with Crippen molar-refractivity contribution in [2.75, 3.05) is 13.1 Å². The van der Waals surface area contributed by atoms with Gasteiger partial charge in [0.05, 0.1) is 0 Å². The third-order valence-corrected chi connectivity index (χ3v) is 5.22. The van der Waals surface area contributed by atoms with Crippen LogP contribution in [0.15, 0.2) is 54.6 Å². The van der Waals surface area contributed by atoms with Crippen LogP contribution in [0.5, 0.6) is 0 Å². The molecule has 4 rings (SSSR count). The molecule has 2 aromatic rings. The zero-order valence-corrected chi connectivity index (χ0v) is 13.5. The van der Waals surface area contributed by atoms with E-state index in [1.165, 1.54) is 29.7 Å². The van der Waals surface area contributed by atoms with Crippen molar-refractivity contribution in [1.82, 2.24) is 10.2 Å². The van der Waals surface area contributed by atoms with Gasteiger partial charge in [-0.15, -0.1) is 0 Å². The molecular formula is C20H25N3. The minimum absolute atomic E-state index is 0.186. The first-order valence-electron chi connectivity index (χ1n) is 8.66. The minimum Gasteiger partial charge on any atom is -0.324 e. The highest BCUT2D eigenvalue weighted by atomic mass is 15.2. The number of rotatable bonds is 4. The lowest BCUT2D eigenvalue weighted by molar-refractivity contribution is 0.313. The number of fused-ring (bicyclic) bond motifs is 1. The summed E-state index contributed by atoms with van der Waals surface area (Å²) in [5.41, 5.74) is 10.4. The van der Waals surface area contributed by atoms with Crippen molar-refractivity contribution in [2.45, 2.75) is 37.5 Å². The highest BCUT2D eigenvalue weighted by molar-refractivity contribution is 5.37. The van der Waals surface area contributed by atoms with Crippen LogP contribution in [0.25, 0.3) is 0 Å². The second-order valence-corrected chi connectivity index (χ2v) is 6.90. The van der Waals surface area contributed by atoms with Crippen LogP contribution in [0.3, 0.4) is 0 Å². The summed E-state index contributed by atoms with van der Waals surface area (Å²) < 4.78 is 0. The molecule has 3 nitrogen and oxygen atoms in total. The summed E-state index contributed by atoms with van der Waals surface area (Å²) in [6.45, 7) is 3.36. The van der Waals surface area contributed by atoms with E-state index < -0.39 is 0 Å². The van der Waals surface area contributed by atoms with Gasteiger partial charge in [0.2, 0.25) is 0 Å². The summed E-state index contributed by atoms with van der Waals surface area (Å²) in [6, 6.07) is 20.6. The van der Waals surface area contributed by atoms with Gasteiger partial charge in [-0.1, -0.05) is 54.6 Å². The first-order chi connectivity index (χ1) is 11.3. The van der Waals surface area contributed by atoms with Crippen LogP contribution in [0, 0.1) is 0 Å². The van der Waals surface area contributed by atoms with Gasteiger partial charge in [-0.25, -0.2) is 0 Å². The first-order valence-corrected chi connectivity index (χ1v) is 8.66. The monoisotopic (exact) mass is 307 g/mol. The Morgan fingerprint density at radius 3 is 2.57 bits per heavy atom. The van der Waals surface area contributed by atoms with E-state index in [-0.39, 0.29) is 6.04 Å². The van der Waals surface area contributed by atoms with E-state index in [0.717, 1.165) is 19.5 Å². The second-order valence-electron chi connectivity index (χ2n) is 6.90. The Hall–Kier alpha value is -1.68. The molecule has 0 spiro atoms. The molecule has 2 aromatic carbocycles. The Balaban J connectivity index is 1.36. The number of hydrogen-bond acceptors (Lipinski definition) is 3. The van der Waals surface area contributed by atoms with Gasteiger partial charge in [0, 0.05) is 37.8 Å². The lowest BCUT2D eigenvalue weighted by Gasteiger charge is -2.21. The Kier molecular flexibility index (Phi) is 4.17. The van der Waals surface area contributed by atoms with E-state index in [1.807, 2.05) is 0 Å². The molecule has 3 atom stereocenters. The van der Waals surface area contributed by atoms with Crippen molar-refractivity contribution in [3.8, 4) is 0 Å². The van der Waals surface area contributed by atoms with E-state index in [9.17, 15) is 0 Å². The molecule has 0 radical (unpaired) electrons. The summed E-state index contributed by atoms with van der Waals surface area (Å²) >= 11 is 0. The number of nitrogens with zero attached hydrogens (tertiary/aromatic N) is 1. The van der Waals surface area contributed by atoms with Crippen LogP contribution in [0.2, 0.25) is 0 Å². The highest BCUT2D eigenvalue weighted by Crippen LogP contribution is 2.37. The number of likely N-dealkylation sites (tertiary alicyclic amines) is 1. The van der Waals surface area contributed by atoms with Crippen molar-refractivity contribution < 1.29 is 0 Å². The van der Waals surface area contributed by atoms with E-state index >= 15 is 0 Å². The van der Waals surface area contributed by atoms with Gasteiger partial charge in [-0.3, -0.25) is 4.90 Å². The molecular weight excluding hydrogens is 282 g/mol. The molecule has 0 bridgehead atoms. The van der Waals surface area contributed by atoms with E-state index in [0.29, 0.717) is 12.1 Å². The molecule has 0 aromatic heterocycles. The number of hydrogen-bond donors (Lipinski definition) is 2. The third kappa shape index (κ3) is 3.18. The summed E-state index contributed by atoms with van der Waals surface area (Å²) in [6.07, 6.45) is 2.25. The topological polar surface area (TPSA) is 41.3 Å². The Bertz CT molecular complexity index is 655. The quantitative estimate of drug-likeness (QED) is 0.912. The average Bonchev–Trinajstić information content (AvgIpc) is 3.14. The fraction of sp³-hybridized carbons (Fsp3) is 0.400. The Morgan fingerprint density at radius 1 is 1.00 bits per heavy atom. The lowest BCUT2D eigenvalue weighted by Crippen LogP contribution is -2.34. The predicted octanol–water partition coefficient (Wildman–Crippen LogP) is 3.00. The van der Waals surface area contributed by atoms with Gasteiger partial charge in [-0.05, 0) is 29.5 Å². The molecule has 1 saturated heterocycles. The van der Waals surface area contributed by atoms with Gasteiger partial charge >= 0.3 is 0 Å². The normalized spacial score (nSPS) is 27.3. The van der Waals surface area contributed by atoms with Gasteiger partial charge in [-0.2, -0.15) is 0 Å². The Morgan fingerprint density at radius 2 is 1.74 bits per heavy atom. The van der Waals surface area contributed by atoms with Crippen molar-refractivity contribution in [3.63, 3.8) is 0 Å². The van der Waals surface area contributed by atoms with Crippen molar-refractivity contribution in [2.24, 2.45) is 5.73 Å². The molecule has 3 N–H and O–H groups in total. The van der Waals surface area contributed by atoms with Crippen LogP contribution in [0.4, 0.5) is 0 Å². The lowest BCUT2D eigenvalue weighted by atomic mass is 10.1. The molecule has 0 amide bonds. The summed E-state index contributed by atoms with van der Waals surface area (Å²) in [7, 11) is 0. The fourth-order valence-electron chi connectivity index (χ4n) is 4.07. The maximum atomic E-state index is 6.29. The van der Waals surface area contributed by atoms with E-state index in [1.54, 1.807) is 0 Å². The molecule has 2 aliphatic rings. The Labute approximate surface area is 138 Å². The third-order valence-electron chi connectivity index (χ3n) is 5.22.